The molecule has 0 saturated heterocycles. The Bertz CT molecular complexity index is 652. The molecular formula is C14H8FN3O. The first-order chi connectivity index (χ1) is 9.13. The summed E-state index contributed by atoms with van der Waals surface area (Å²) in [6.45, 7) is 0. The molecule has 0 saturated carbocycles. The standard InChI is InChI=1S/C14H8FN3O/c15-13-5-11(3-1-9(13)7-16)19-12-4-2-10(8-17)14(18)6-12/h1-6H,18H2. The molecule has 0 spiro atoms. The zero-order chi connectivity index (χ0) is 13.8. The van der Waals surface area contributed by atoms with Crippen molar-refractivity contribution in [3.63, 3.8) is 0 Å². The number of halogens is 1. The highest BCUT2D eigenvalue weighted by Gasteiger charge is 2.06. The molecule has 4 nitrogen and oxygen atoms in total. The molecule has 0 radical (unpaired) electrons. The molecule has 2 N–H and O–H groups in total. The molecule has 0 atom stereocenters. The van der Waals surface area contributed by atoms with Crippen molar-refractivity contribution >= 4 is 5.69 Å². The number of hydrogen-bond donors (Lipinski definition) is 1. The van der Waals surface area contributed by atoms with Gasteiger partial charge in [0.2, 0.25) is 0 Å². The first kappa shape index (κ1) is 12.4. The van der Waals surface area contributed by atoms with Crippen molar-refractivity contribution in [2.45, 2.75) is 0 Å². The zero-order valence-electron chi connectivity index (χ0n) is 9.72. The molecule has 0 amide bonds. The summed E-state index contributed by atoms with van der Waals surface area (Å²) in [6.07, 6.45) is 0. The molecule has 2 aromatic carbocycles. The molecule has 2 aromatic rings. The molecular weight excluding hydrogens is 245 g/mol. The number of benzene rings is 2. The second-order valence-electron chi connectivity index (χ2n) is 3.72. The van der Waals surface area contributed by atoms with E-state index in [1.54, 1.807) is 12.1 Å². The fourth-order valence-corrected chi connectivity index (χ4v) is 1.49. The predicted molar refractivity (Wildman–Crippen MR) is 66.8 cm³/mol. The molecule has 2 rings (SSSR count). The SMILES string of the molecule is N#Cc1ccc(Oc2ccc(C#N)c(F)c2)cc1N. The lowest BCUT2D eigenvalue weighted by molar-refractivity contribution is 0.476. The van der Waals surface area contributed by atoms with Crippen molar-refractivity contribution in [2.75, 3.05) is 5.73 Å². The molecule has 0 aromatic heterocycles. The van der Waals surface area contributed by atoms with Crippen LogP contribution in [0.15, 0.2) is 36.4 Å². The molecule has 0 aliphatic rings. The van der Waals surface area contributed by atoms with Crippen LogP contribution in [0.4, 0.5) is 10.1 Å². The fraction of sp³-hybridized carbons (Fsp3) is 0. The van der Waals surface area contributed by atoms with Gasteiger partial charge in [-0.1, -0.05) is 0 Å². The summed E-state index contributed by atoms with van der Waals surface area (Å²) >= 11 is 0. The van der Waals surface area contributed by atoms with Gasteiger partial charge in [0.1, 0.15) is 29.5 Å². The van der Waals surface area contributed by atoms with Crippen LogP contribution in [0.1, 0.15) is 11.1 Å². The third kappa shape index (κ3) is 2.62. The van der Waals surface area contributed by atoms with Crippen molar-refractivity contribution < 1.29 is 9.13 Å². The summed E-state index contributed by atoms with van der Waals surface area (Å²) in [4.78, 5) is 0. The first-order valence-electron chi connectivity index (χ1n) is 5.31. The Morgan fingerprint density at radius 3 is 2.05 bits per heavy atom. The fourth-order valence-electron chi connectivity index (χ4n) is 1.49. The number of rotatable bonds is 2. The van der Waals surface area contributed by atoms with Crippen LogP contribution in [0.2, 0.25) is 0 Å². The molecule has 0 aliphatic heterocycles. The van der Waals surface area contributed by atoms with Crippen LogP contribution in [-0.2, 0) is 0 Å². The average Bonchev–Trinajstić information content (AvgIpc) is 2.39. The zero-order valence-corrected chi connectivity index (χ0v) is 9.72. The van der Waals surface area contributed by atoms with Crippen molar-refractivity contribution in [1.82, 2.24) is 0 Å². The number of nitrogens with zero attached hydrogens (tertiary/aromatic N) is 2. The normalized spacial score (nSPS) is 9.42. The van der Waals surface area contributed by atoms with Gasteiger partial charge < -0.3 is 10.5 Å². The monoisotopic (exact) mass is 253 g/mol. The Kier molecular flexibility index (Phi) is 3.31. The van der Waals surface area contributed by atoms with E-state index in [0.29, 0.717) is 11.3 Å². The van der Waals surface area contributed by atoms with Crippen LogP contribution in [0.25, 0.3) is 0 Å². The molecule has 5 heteroatoms. The van der Waals surface area contributed by atoms with E-state index >= 15 is 0 Å². The van der Waals surface area contributed by atoms with E-state index in [0.717, 1.165) is 6.07 Å². The second-order valence-corrected chi connectivity index (χ2v) is 3.72. The van der Waals surface area contributed by atoms with E-state index in [-0.39, 0.29) is 17.0 Å². The summed E-state index contributed by atoms with van der Waals surface area (Å²) < 4.78 is 18.8. The van der Waals surface area contributed by atoms with Gasteiger partial charge >= 0.3 is 0 Å². The smallest absolute Gasteiger partial charge is 0.144 e. The van der Waals surface area contributed by atoms with Gasteiger partial charge in [-0.3, -0.25) is 0 Å². The molecule has 0 unspecified atom stereocenters. The number of hydrogen-bond acceptors (Lipinski definition) is 4. The minimum atomic E-state index is -0.651. The van der Waals surface area contributed by atoms with Crippen molar-refractivity contribution in [2.24, 2.45) is 0 Å². The lowest BCUT2D eigenvalue weighted by atomic mass is 10.2. The minimum absolute atomic E-state index is 0.0494. The maximum absolute atomic E-state index is 13.4. The molecule has 0 heterocycles. The second kappa shape index (κ2) is 5.07. The minimum Gasteiger partial charge on any atom is -0.457 e. The summed E-state index contributed by atoms with van der Waals surface area (Å²) in [7, 11) is 0. The topological polar surface area (TPSA) is 82.8 Å². The van der Waals surface area contributed by atoms with Crippen LogP contribution in [0.5, 0.6) is 11.5 Å². The summed E-state index contributed by atoms with van der Waals surface area (Å²) in [5, 5.41) is 17.4. The largest absolute Gasteiger partial charge is 0.457 e. The summed E-state index contributed by atoms with van der Waals surface area (Å²) in [6, 6.07) is 12.1. The van der Waals surface area contributed by atoms with E-state index in [2.05, 4.69) is 0 Å². The van der Waals surface area contributed by atoms with Gasteiger partial charge in [-0.2, -0.15) is 10.5 Å². The Balaban J connectivity index is 2.27. The van der Waals surface area contributed by atoms with E-state index in [1.807, 2.05) is 6.07 Å². The third-order valence-corrected chi connectivity index (χ3v) is 2.44. The Labute approximate surface area is 109 Å². The molecule has 0 bridgehead atoms. The maximum atomic E-state index is 13.4. The number of ether oxygens (including phenoxy) is 1. The Hall–Kier alpha value is -3.05. The summed E-state index contributed by atoms with van der Waals surface area (Å²) in [5.41, 5.74) is 6.22. The van der Waals surface area contributed by atoms with E-state index in [4.69, 9.17) is 21.0 Å². The van der Waals surface area contributed by atoms with Crippen LogP contribution in [-0.4, -0.2) is 0 Å². The van der Waals surface area contributed by atoms with E-state index in [9.17, 15) is 4.39 Å². The van der Waals surface area contributed by atoms with Crippen LogP contribution in [0, 0.1) is 28.5 Å². The third-order valence-electron chi connectivity index (χ3n) is 2.44. The number of nitrogen functional groups attached to an aromatic ring is 1. The average molecular weight is 253 g/mol. The van der Waals surface area contributed by atoms with Gasteiger partial charge in [-0.05, 0) is 24.3 Å². The quantitative estimate of drug-likeness (QED) is 0.834. The van der Waals surface area contributed by atoms with Crippen LogP contribution in [0.3, 0.4) is 0 Å². The highest BCUT2D eigenvalue weighted by Crippen LogP contribution is 2.26. The van der Waals surface area contributed by atoms with Crippen molar-refractivity contribution in [1.29, 1.82) is 10.5 Å². The number of nitriles is 2. The van der Waals surface area contributed by atoms with E-state index in [1.165, 1.54) is 24.3 Å². The van der Waals surface area contributed by atoms with Gasteiger partial charge in [-0.15, -0.1) is 0 Å². The lowest BCUT2D eigenvalue weighted by Gasteiger charge is -2.07. The van der Waals surface area contributed by atoms with E-state index < -0.39 is 5.82 Å². The maximum Gasteiger partial charge on any atom is 0.144 e. The number of nitrogens with two attached hydrogens (primary N) is 1. The molecule has 92 valence electrons. The highest BCUT2D eigenvalue weighted by molar-refractivity contribution is 5.57. The van der Waals surface area contributed by atoms with Gasteiger partial charge in [0, 0.05) is 12.1 Å². The Morgan fingerprint density at radius 2 is 1.53 bits per heavy atom. The highest BCUT2D eigenvalue weighted by atomic mass is 19.1. The van der Waals surface area contributed by atoms with Crippen LogP contribution < -0.4 is 10.5 Å². The number of anilines is 1. The summed E-state index contributed by atoms with van der Waals surface area (Å²) in [5.74, 6) is -0.0113. The van der Waals surface area contributed by atoms with Gasteiger partial charge in [0.15, 0.2) is 0 Å². The van der Waals surface area contributed by atoms with Crippen LogP contribution >= 0.6 is 0 Å². The molecule has 0 fully saturated rings. The Morgan fingerprint density at radius 1 is 0.947 bits per heavy atom. The van der Waals surface area contributed by atoms with Crippen molar-refractivity contribution in [3.8, 4) is 23.6 Å². The lowest BCUT2D eigenvalue weighted by Crippen LogP contribution is -1.92. The first-order valence-corrected chi connectivity index (χ1v) is 5.31. The van der Waals surface area contributed by atoms with Gasteiger partial charge in [0.25, 0.3) is 0 Å². The van der Waals surface area contributed by atoms with Gasteiger partial charge in [-0.25, -0.2) is 4.39 Å². The predicted octanol–water partition coefficient (Wildman–Crippen LogP) is 2.94. The molecule has 19 heavy (non-hydrogen) atoms. The van der Waals surface area contributed by atoms with Gasteiger partial charge in [0.05, 0.1) is 16.8 Å². The molecule has 0 aliphatic carbocycles. The van der Waals surface area contributed by atoms with Crippen molar-refractivity contribution in [3.05, 3.63) is 53.3 Å².